The molecule has 5 heteroatoms. The predicted molar refractivity (Wildman–Crippen MR) is 123 cm³/mol. The first-order chi connectivity index (χ1) is 12.8. The van der Waals surface area contributed by atoms with Crippen LogP contribution in [0.15, 0.2) is 48.5 Å². The number of hydrogen-bond donors (Lipinski definition) is 0. The standard InChI is InChI=1S/C23H30N2O.2ClH/c1-26-22-11-9-21(10-12-22)25-17-15-24(16-18-25)14-13-20-7-4-6-19-5-2-3-8-23(19)20;;/h2-3,5,8-12,20H,4,6-7,13-18H2,1H3;2*1H. The van der Waals surface area contributed by atoms with Crippen molar-refractivity contribution in [2.24, 2.45) is 0 Å². The van der Waals surface area contributed by atoms with Crippen LogP contribution < -0.4 is 9.64 Å². The number of piperazine rings is 1. The van der Waals surface area contributed by atoms with Crippen molar-refractivity contribution in [3.05, 3.63) is 59.7 Å². The maximum Gasteiger partial charge on any atom is 0.119 e. The van der Waals surface area contributed by atoms with Crippen LogP contribution in [-0.4, -0.2) is 44.7 Å². The average molecular weight is 423 g/mol. The van der Waals surface area contributed by atoms with E-state index in [-0.39, 0.29) is 24.8 Å². The second-order valence-electron chi connectivity index (χ2n) is 7.60. The Labute approximate surface area is 181 Å². The summed E-state index contributed by atoms with van der Waals surface area (Å²) in [5.41, 5.74) is 4.52. The summed E-state index contributed by atoms with van der Waals surface area (Å²) in [5, 5.41) is 0. The van der Waals surface area contributed by atoms with Crippen LogP contribution in [0.25, 0.3) is 0 Å². The fraction of sp³-hybridized carbons (Fsp3) is 0.478. The zero-order valence-corrected chi connectivity index (χ0v) is 18.3. The molecule has 4 rings (SSSR count). The Kier molecular flexibility index (Phi) is 8.94. The van der Waals surface area contributed by atoms with Gasteiger partial charge in [0.1, 0.15) is 5.75 Å². The molecule has 0 N–H and O–H groups in total. The van der Waals surface area contributed by atoms with Crippen LogP contribution >= 0.6 is 24.8 Å². The van der Waals surface area contributed by atoms with Gasteiger partial charge in [0, 0.05) is 31.9 Å². The Morgan fingerprint density at radius 2 is 1.64 bits per heavy atom. The van der Waals surface area contributed by atoms with Gasteiger partial charge in [-0.05, 0) is 73.5 Å². The molecule has 1 aliphatic carbocycles. The third-order valence-electron chi connectivity index (χ3n) is 6.10. The molecule has 0 aromatic heterocycles. The van der Waals surface area contributed by atoms with Gasteiger partial charge < -0.3 is 9.64 Å². The molecule has 0 bridgehead atoms. The Bertz CT molecular complexity index is 715. The fourth-order valence-electron chi connectivity index (χ4n) is 4.52. The highest BCUT2D eigenvalue weighted by Gasteiger charge is 2.22. The highest BCUT2D eigenvalue weighted by atomic mass is 35.5. The molecule has 3 nitrogen and oxygen atoms in total. The number of anilines is 1. The molecule has 1 saturated heterocycles. The van der Waals surface area contributed by atoms with E-state index in [1.165, 1.54) is 51.0 Å². The number of fused-ring (bicyclic) bond motifs is 1. The molecule has 1 heterocycles. The third kappa shape index (κ3) is 5.34. The number of halogens is 2. The molecule has 1 atom stereocenters. The van der Waals surface area contributed by atoms with Gasteiger partial charge in [0.2, 0.25) is 0 Å². The molecule has 0 radical (unpaired) electrons. The first kappa shape index (κ1) is 22.9. The zero-order valence-electron chi connectivity index (χ0n) is 16.7. The van der Waals surface area contributed by atoms with Gasteiger partial charge in [-0.2, -0.15) is 0 Å². The molecule has 2 aliphatic rings. The van der Waals surface area contributed by atoms with E-state index in [0.717, 1.165) is 24.8 Å². The molecule has 28 heavy (non-hydrogen) atoms. The van der Waals surface area contributed by atoms with Crippen LogP contribution in [0.4, 0.5) is 5.69 Å². The maximum absolute atomic E-state index is 5.26. The van der Waals surface area contributed by atoms with Crippen LogP contribution in [0.2, 0.25) is 0 Å². The lowest BCUT2D eigenvalue weighted by molar-refractivity contribution is 0.245. The van der Waals surface area contributed by atoms with Gasteiger partial charge >= 0.3 is 0 Å². The van der Waals surface area contributed by atoms with Crippen molar-refractivity contribution >= 4 is 30.5 Å². The molecule has 154 valence electrons. The molecule has 0 amide bonds. The van der Waals surface area contributed by atoms with Crippen molar-refractivity contribution < 1.29 is 4.74 Å². The van der Waals surface area contributed by atoms with Crippen LogP contribution in [0, 0.1) is 0 Å². The highest BCUT2D eigenvalue weighted by molar-refractivity contribution is 5.85. The summed E-state index contributed by atoms with van der Waals surface area (Å²) in [7, 11) is 1.72. The Morgan fingerprint density at radius 1 is 0.929 bits per heavy atom. The SMILES string of the molecule is COc1ccc(N2CCN(CCC3CCCc4ccccc43)CC2)cc1.Cl.Cl. The van der Waals surface area contributed by atoms with Gasteiger partial charge in [0.05, 0.1) is 7.11 Å². The molecule has 0 spiro atoms. The van der Waals surface area contributed by atoms with Gasteiger partial charge in [-0.3, -0.25) is 4.90 Å². The predicted octanol–water partition coefficient (Wildman–Crippen LogP) is 5.17. The largest absolute Gasteiger partial charge is 0.497 e. The second kappa shape index (κ2) is 10.9. The van der Waals surface area contributed by atoms with E-state index in [9.17, 15) is 0 Å². The maximum atomic E-state index is 5.26. The first-order valence-electron chi connectivity index (χ1n) is 10.0. The summed E-state index contributed by atoms with van der Waals surface area (Å²) < 4.78 is 5.26. The normalized spacial score (nSPS) is 19.2. The van der Waals surface area contributed by atoms with Crippen molar-refractivity contribution in [3.8, 4) is 5.75 Å². The summed E-state index contributed by atoms with van der Waals surface area (Å²) in [4.78, 5) is 5.14. The van der Waals surface area contributed by atoms with Gasteiger partial charge in [0.25, 0.3) is 0 Å². The lowest BCUT2D eigenvalue weighted by atomic mass is 9.81. The lowest BCUT2D eigenvalue weighted by Gasteiger charge is -2.37. The topological polar surface area (TPSA) is 15.7 Å². The molecule has 2 aromatic rings. The van der Waals surface area contributed by atoms with Crippen LogP contribution in [0.3, 0.4) is 0 Å². The molecular weight excluding hydrogens is 391 g/mol. The molecule has 1 unspecified atom stereocenters. The molecule has 1 fully saturated rings. The third-order valence-corrected chi connectivity index (χ3v) is 6.10. The molecule has 2 aromatic carbocycles. The lowest BCUT2D eigenvalue weighted by Crippen LogP contribution is -2.46. The minimum atomic E-state index is 0. The van der Waals surface area contributed by atoms with Crippen molar-refractivity contribution in [3.63, 3.8) is 0 Å². The van der Waals surface area contributed by atoms with E-state index in [1.807, 2.05) is 0 Å². The van der Waals surface area contributed by atoms with E-state index in [0.29, 0.717) is 0 Å². The highest BCUT2D eigenvalue weighted by Crippen LogP contribution is 2.34. The van der Waals surface area contributed by atoms with Crippen molar-refractivity contribution in [1.29, 1.82) is 0 Å². The molecule has 0 saturated carbocycles. The number of methoxy groups -OCH3 is 1. The van der Waals surface area contributed by atoms with Crippen molar-refractivity contribution in [1.82, 2.24) is 4.90 Å². The Balaban J connectivity index is 0.00000140. The van der Waals surface area contributed by atoms with Crippen LogP contribution in [0.5, 0.6) is 5.75 Å². The average Bonchev–Trinajstić information content (AvgIpc) is 2.73. The minimum Gasteiger partial charge on any atom is -0.497 e. The zero-order chi connectivity index (χ0) is 17.8. The second-order valence-corrected chi connectivity index (χ2v) is 7.60. The van der Waals surface area contributed by atoms with Gasteiger partial charge in [-0.25, -0.2) is 0 Å². The Hall–Kier alpha value is -1.42. The summed E-state index contributed by atoms with van der Waals surface area (Å²) in [6.45, 7) is 5.80. The van der Waals surface area contributed by atoms with E-state index in [1.54, 1.807) is 18.2 Å². The molecule has 1 aliphatic heterocycles. The summed E-state index contributed by atoms with van der Waals surface area (Å²) in [6, 6.07) is 17.6. The number of aryl methyl sites for hydroxylation is 1. The number of benzene rings is 2. The summed E-state index contributed by atoms with van der Waals surface area (Å²) in [6.07, 6.45) is 5.29. The quantitative estimate of drug-likeness (QED) is 0.660. The van der Waals surface area contributed by atoms with Gasteiger partial charge in [-0.1, -0.05) is 24.3 Å². The van der Waals surface area contributed by atoms with Crippen molar-refractivity contribution in [2.45, 2.75) is 31.6 Å². The number of hydrogen-bond acceptors (Lipinski definition) is 3. The number of rotatable bonds is 5. The van der Waals surface area contributed by atoms with E-state index >= 15 is 0 Å². The Morgan fingerprint density at radius 3 is 2.36 bits per heavy atom. The number of nitrogens with zero attached hydrogens (tertiary/aromatic N) is 2. The summed E-state index contributed by atoms with van der Waals surface area (Å²) >= 11 is 0. The molecular formula is C23H32Cl2N2O. The number of ether oxygens (including phenoxy) is 1. The van der Waals surface area contributed by atoms with E-state index < -0.39 is 0 Å². The first-order valence-corrected chi connectivity index (χ1v) is 10.0. The van der Waals surface area contributed by atoms with Crippen LogP contribution in [0.1, 0.15) is 36.3 Å². The van der Waals surface area contributed by atoms with Gasteiger partial charge in [-0.15, -0.1) is 24.8 Å². The fourth-order valence-corrected chi connectivity index (χ4v) is 4.52. The monoisotopic (exact) mass is 422 g/mol. The van der Waals surface area contributed by atoms with E-state index in [4.69, 9.17) is 4.74 Å². The smallest absolute Gasteiger partial charge is 0.119 e. The summed E-state index contributed by atoms with van der Waals surface area (Å²) in [5.74, 6) is 1.69. The van der Waals surface area contributed by atoms with E-state index in [2.05, 4.69) is 58.3 Å². The van der Waals surface area contributed by atoms with Gasteiger partial charge in [0.15, 0.2) is 0 Å². The van der Waals surface area contributed by atoms with Crippen molar-refractivity contribution in [2.75, 3.05) is 44.7 Å². The van der Waals surface area contributed by atoms with Crippen LogP contribution in [-0.2, 0) is 6.42 Å². The minimum absolute atomic E-state index is 0.